The zero-order valence-corrected chi connectivity index (χ0v) is 24.0. The van der Waals surface area contributed by atoms with Gasteiger partial charge in [0.15, 0.2) is 0 Å². The topological polar surface area (TPSA) is 27.7 Å². The summed E-state index contributed by atoms with van der Waals surface area (Å²) in [7, 11) is -1.85. The lowest BCUT2D eigenvalue weighted by Crippen LogP contribution is -2.50. The molecule has 0 radical (unpaired) electrons. The number of benzene rings is 3. The van der Waals surface area contributed by atoms with Crippen LogP contribution < -0.4 is 14.0 Å². The van der Waals surface area contributed by atoms with Crippen LogP contribution in [0.1, 0.15) is 49.1 Å². The minimum absolute atomic E-state index is 0.0809. The Bertz CT molecular complexity index is 1320. The van der Waals surface area contributed by atoms with Gasteiger partial charge in [0.25, 0.3) is 0 Å². The van der Waals surface area contributed by atoms with Crippen LogP contribution in [0.25, 0.3) is 0 Å². The molecule has 0 aliphatic carbocycles. The van der Waals surface area contributed by atoms with Crippen LogP contribution >= 0.6 is 0 Å². The lowest BCUT2D eigenvalue weighted by Gasteiger charge is -2.42. The third-order valence-corrected chi connectivity index (χ3v) is 7.41. The fraction of sp³-hybridized carbons (Fsp3) is 0.333. The second-order valence-electron chi connectivity index (χ2n) is 9.78. The molecule has 0 spiro atoms. The molecule has 0 saturated heterocycles. The molecule has 0 N–H and O–H groups in total. The maximum Gasteiger partial charge on any atom is 0.864 e. The molecule has 0 aliphatic rings. The average molecular weight is 634 g/mol. The van der Waals surface area contributed by atoms with Gasteiger partial charge in [0.1, 0.15) is 23.3 Å². The SMILES string of the molecule is C=CC(c1cc(C(F)(F)F)ccc1OB(Oc1ccc(C(F)(F)F)cc1)Oc1ccc(C(F)(F)F)cc1)[N+](CC)(CC)CC. The summed E-state index contributed by atoms with van der Waals surface area (Å²) >= 11 is 0. The Morgan fingerprint density at radius 1 is 0.636 bits per heavy atom. The summed E-state index contributed by atoms with van der Waals surface area (Å²) in [4.78, 5) is 0. The number of quaternary nitrogens is 1. The maximum absolute atomic E-state index is 13.8. The second kappa shape index (κ2) is 13.5. The minimum Gasteiger partial charge on any atom is -0.490 e. The lowest BCUT2D eigenvalue weighted by atomic mass is 9.97. The summed E-state index contributed by atoms with van der Waals surface area (Å²) in [6.45, 7) is 11.0. The first-order valence-corrected chi connectivity index (χ1v) is 13.5. The van der Waals surface area contributed by atoms with Crippen LogP contribution in [0, 0.1) is 0 Å². The fourth-order valence-corrected chi connectivity index (χ4v) is 4.81. The van der Waals surface area contributed by atoms with E-state index in [4.69, 9.17) is 14.0 Å². The summed E-state index contributed by atoms with van der Waals surface area (Å²) in [5.41, 5.74) is -2.83. The number of hydrogen-bond donors (Lipinski definition) is 0. The first-order chi connectivity index (χ1) is 20.5. The van der Waals surface area contributed by atoms with E-state index in [1.54, 1.807) is 0 Å². The normalized spacial score (nSPS) is 13.3. The van der Waals surface area contributed by atoms with E-state index in [9.17, 15) is 39.5 Å². The molecular formula is C30H30BF9NO3+. The molecule has 0 aromatic heterocycles. The quantitative estimate of drug-likeness (QED) is 0.0861. The van der Waals surface area contributed by atoms with Crippen LogP contribution in [0.3, 0.4) is 0 Å². The molecule has 238 valence electrons. The van der Waals surface area contributed by atoms with Crippen LogP contribution in [-0.2, 0) is 18.5 Å². The molecule has 0 heterocycles. The molecule has 3 aromatic rings. The molecule has 0 fully saturated rings. The van der Waals surface area contributed by atoms with Gasteiger partial charge < -0.3 is 18.4 Å². The van der Waals surface area contributed by atoms with Crippen LogP contribution in [0.2, 0.25) is 0 Å². The molecule has 3 aromatic carbocycles. The molecule has 4 nitrogen and oxygen atoms in total. The van der Waals surface area contributed by atoms with E-state index in [1.807, 2.05) is 20.8 Å². The number of halogens is 9. The summed E-state index contributed by atoms with van der Waals surface area (Å²) in [6.07, 6.45) is -12.5. The van der Waals surface area contributed by atoms with Crippen LogP contribution in [0.5, 0.6) is 17.2 Å². The highest BCUT2D eigenvalue weighted by molar-refractivity contribution is 6.39. The van der Waals surface area contributed by atoms with Gasteiger partial charge in [-0.1, -0.05) is 6.58 Å². The Morgan fingerprint density at radius 3 is 1.36 bits per heavy atom. The molecule has 0 aliphatic heterocycles. The molecule has 3 rings (SSSR count). The van der Waals surface area contributed by atoms with Crippen LogP contribution in [0.4, 0.5) is 39.5 Å². The Kier molecular flexibility index (Phi) is 10.6. The van der Waals surface area contributed by atoms with Gasteiger partial charge in [-0.15, -0.1) is 0 Å². The van der Waals surface area contributed by atoms with Crippen LogP contribution in [0.15, 0.2) is 79.4 Å². The van der Waals surface area contributed by atoms with E-state index < -0.39 is 48.6 Å². The minimum atomic E-state index is -4.70. The largest absolute Gasteiger partial charge is 0.864 e. The lowest BCUT2D eigenvalue weighted by molar-refractivity contribution is -0.946. The van der Waals surface area contributed by atoms with E-state index in [2.05, 4.69) is 6.58 Å². The van der Waals surface area contributed by atoms with Crippen molar-refractivity contribution in [1.82, 2.24) is 0 Å². The summed E-state index contributed by atoms with van der Waals surface area (Å²) in [5, 5.41) is 0. The van der Waals surface area contributed by atoms with Crippen molar-refractivity contribution in [2.24, 2.45) is 0 Å². The molecule has 0 saturated carbocycles. The van der Waals surface area contributed by atoms with E-state index >= 15 is 0 Å². The van der Waals surface area contributed by atoms with Gasteiger partial charge in [0, 0.05) is 0 Å². The highest BCUT2D eigenvalue weighted by Crippen LogP contribution is 2.40. The van der Waals surface area contributed by atoms with E-state index in [-0.39, 0.29) is 22.8 Å². The fourth-order valence-electron chi connectivity index (χ4n) is 4.81. The Balaban J connectivity index is 2.10. The second-order valence-corrected chi connectivity index (χ2v) is 9.78. The molecule has 0 amide bonds. The molecule has 1 unspecified atom stereocenters. The highest BCUT2D eigenvalue weighted by atomic mass is 19.4. The zero-order valence-electron chi connectivity index (χ0n) is 24.0. The predicted octanol–water partition coefficient (Wildman–Crippen LogP) is 9.37. The maximum atomic E-state index is 13.8. The first kappa shape index (κ1) is 34.7. The monoisotopic (exact) mass is 634 g/mol. The smallest absolute Gasteiger partial charge is 0.490 e. The molecular weight excluding hydrogens is 604 g/mol. The third kappa shape index (κ3) is 8.22. The zero-order chi connectivity index (χ0) is 32.9. The highest BCUT2D eigenvalue weighted by Gasteiger charge is 2.40. The Labute approximate surface area is 249 Å². The average Bonchev–Trinajstić information content (AvgIpc) is 2.95. The Hall–Kier alpha value is -3.81. The van der Waals surface area contributed by atoms with Gasteiger partial charge in [0.2, 0.25) is 0 Å². The van der Waals surface area contributed by atoms with Crippen molar-refractivity contribution in [2.45, 2.75) is 45.3 Å². The summed E-state index contributed by atoms with van der Waals surface area (Å²) in [5.74, 6) is -0.474. The van der Waals surface area contributed by atoms with Crippen molar-refractivity contribution in [3.05, 3.63) is 102 Å². The van der Waals surface area contributed by atoms with E-state index in [0.717, 1.165) is 66.7 Å². The van der Waals surface area contributed by atoms with Gasteiger partial charge in [-0.25, -0.2) is 0 Å². The predicted molar refractivity (Wildman–Crippen MR) is 147 cm³/mol. The standard InChI is InChI=1S/C30H30BF9NO3/c1-5-26(41(6-2,7-3)8-4)25-19-22(30(38,39)40)13-18-27(25)44-31(42-23-14-9-20(10-15-23)28(32,33)34)43-24-16-11-21(12-17-24)29(35,36)37/h5,9-19,26H,1,6-8H2,2-4H3/q+1. The van der Waals surface area contributed by atoms with Crippen molar-refractivity contribution in [1.29, 1.82) is 0 Å². The number of likely N-dealkylation sites (N-methyl/N-ethyl adjacent to an activating group) is 1. The van der Waals surface area contributed by atoms with Gasteiger partial charge in [-0.2, -0.15) is 39.5 Å². The van der Waals surface area contributed by atoms with E-state index in [1.165, 1.54) is 6.08 Å². The van der Waals surface area contributed by atoms with Crippen molar-refractivity contribution < 1.29 is 58.0 Å². The third-order valence-electron chi connectivity index (χ3n) is 7.41. The van der Waals surface area contributed by atoms with E-state index in [0.29, 0.717) is 24.1 Å². The summed E-state index contributed by atoms with van der Waals surface area (Å²) < 4.78 is 137. The van der Waals surface area contributed by atoms with Gasteiger partial charge >= 0.3 is 25.9 Å². The number of hydrogen-bond acceptors (Lipinski definition) is 3. The van der Waals surface area contributed by atoms with Crippen LogP contribution in [-0.4, -0.2) is 31.4 Å². The first-order valence-electron chi connectivity index (χ1n) is 13.5. The molecule has 14 heteroatoms. The molecule has 0 bridgehead atoms. The van der Waals surface area contributed by atoms with Gasteiger partial charge in [-0.05, 0) is 93.6 Å². The van der Waals surface area contributed by atoms with Crippen molar-refractivity contribution in [3.63, 3.8) is 0 Å². The molecule has 44 heavy (non-hydrogen) atoms. The van der Waals surface area contributed by atoms with Gasteiger partial charge in [-0.3, -0.25) is 0 Å². The number of rotatable bonds is 12. The Morgan fingerprint density at radius 2 is 1.02 bits per heavy atom. The number of alkyl halides is 9. The molecule has 1 atom stereocenters. The van der Waals surface area contributed by atoms with Crippen molar-refractivity contribution in [2.75, 3.05) is 19.6 Å². The van der Waals surface area contributed by atoms with Crippen molar-refractivity contribution in [3.8, 4) is 17.2 Å². The summed E-state index contributed by atoms with van der Waals surface area (Å²) in [6, 6.07) is 8.89. The number of nitrogens with zero attached hydrogens (tertiary/aromatic N) is 1. The van der Waals surface area contributed by atoms with Crippen molar-refractivity contribution >= 4 is 7.32 Å². The van der Waals surface area contributed by atoms with Gasteiger partial charge in [0.05, 0.1) is 41.9 Å².